The van der Waals surface area contributed by atoms with Gasteiger partial charge in [-0.25, -0.2) is 4.79 Å². The van der Waals surface area contributed by atoms with Crippen LogP contribution in [-0.4, -0.2) is 21.3 Å². The summed E-state index contributed by atoms with van der Waals surface area (Å²) >= 11 is 9.37. The van der Waals surface area contributed by atoms with Crippen molar-refractivity contribution in [3.63, 3.8) is 0 Å². The second-order valence-corrected chi connectivity index (χ2v) is 7.62. The minimum Gasteiger partial charge on any atom is -0.478 e. The third-order valence-corrected chi connectivity index (χ3v) is 5.28. The maximum Gasteiger partial charge on any atom is 0.335 e. The van der Waals surface area contributed by atoms with Crippen LogP contribution in [0.4, 0.5) is 0 Å². The summed E-state index contributed by atoms with van der Waals surface area (Å²) < 4.78 is 2.65. The molecule has 0 saturated carbocycles. The number of benzene rings is 2. The quantitative estimate of drug-likeness (QED) is 0.388. The van der Waals surface area contributed by atoms with E-state index in [2.05, 4.69) is 15.9 Å². The normalized spacial score (nSPS) is 10.9. The molecule has 2 aromatic carbocycles. The van der Waals surface area contributed by atoms with E-state index in [1.54, 1.807) is 40.9 Å². The van der Waals surface area contributed by atoms with Crippen LogP contribution in [0.15, 0.2) is 77.4 Å². The lowest BCUT2D eigenvalue weighted by Crippen LogP contribution is -2.07. The number of nitrogens with zero attached hydrogens (tertiary/aromatic N) is 1. The Labute approximate surface area is 174 Å². The van der Waals surface area contributed by atoms with Crippen molar-refractivity contribution >= 4 is 44.8 Å². The van der Waals surface area contributed by atoms with Gasteiger partial charge in [-0.3, -0.25) is 4.79 Å². The predicted octanol–water partition coefficient (Wildman–Crippen LogP) is 5.95. The standard InChI is InChI=1S/C22H13BrClNO3/c23-16-5-1-13(2-6-16)19-12-18-11-15(22(27)28)9-10-25(18)20(19)21(26)14-3-7-17(24)8-4-14/h1-12H,(H,27,28). The van der Waals surface area contributed by atoms with E-state index in [1.807, 2.05) is 30.3 Å². The fraction of sp³-hybridized carbons (Fsp3) is 0. The highest BCUT2D eigenvalue weighted by Gasteiger charge is 2.21. The smallest absolute Gasteiger partial charge is 0.335 e. The molecule has 2 aromatic heterocycles. The average Bonchev–Trinajstić information content (AvgIpc) is 3.07. The number of halogens is 2. The Hall–Kier alpha value is -2.89. The summed E-state index contributed by atoms with van der Waals surface area (Å²) in [6.45, 7) is 0. The molecule has 0 aliphatic carbocycles. The first-order valence-electron chi connectivity index (χ1n) is 8.38. The topological polar surface area (TPSA) is 58.8 Å². The maximum absolute atomic E-state index is 13.3. The van der Waals surface area contributed by atoms with Gasteiger partial charge in [0.25, 0.3) is 0 Å². The van der Waals surface area contributed by atoms with Gasteiger partial charge in [-0.2, -0.15) is 0 Å². The molecule has 0 aliphatic rings. The number of pyridine rings is 1. The van der Waals surface area contributed by atoms with Crippen molar-refractivity contribution < 1.29 is 14.7 Å². The molecule has 0 bridgehead atoms. The zero-order valence-corrected chi connectivity index (χ0v) is 16.7. The largest absolute Gasteiger partial charge is 0.478 e. The Balaban J connectivity index is 1.96. The molecule has 0 spiro atoms. The summed E-state index contributed by atoms with van der Waals surface area (Å²) in [5.74, 6) is -1.18. The summed E-state index contributed by atoms with van der Waals surface area (Å²) in [6.07, 6.45) is 1.62. The molecule has 6 heteroatoms. The summed E-state index contributed by atoms with van der Waals surface area (Å²) in [7, 11) is 0. The Morgan fingerprint density at radius 1 is 0.893 bits per heavy atom. The molecule has 0 unspecified atom stereocenters. The number of fused-ring (bicyclic) bond motifs is 1. The summed E-state index contributed by atoms with van der Waals surface area (Å²) in [5, 5.41) is 9.84. The molecule has 0 amide bonds. The zero-order chi connectivity index (χ0) is 19.8. The van der Waals surface area contributed by atoms with Crippen LogP contribution >= 0.6 is 27.5 Å². The van der Waals surface area contributed by atoms with Crippen molar-refractivity contribution in [3.05, 3.63) is 99.2 Å². The number of carbonyl (C=O) groups excluding carboxylic acids is 1. The molecule has 28 heavy (non-hydrogen) atoms. The van der Waals surface area contributed by atoms with Crippen LogP contribution in [0.2, 0.25) is 5.02 Å². The molecule has 4 nitrogen and oxygen atoms in total. The van der Waals surface area contributed by atoms with E-state index in [4.69, 9.17) is 11.6 Å². The second-order valence-electron chi connectivity index (χ2n) is 6.26. The van der Waals surface area contributed by atoms with Gasteiger partial charge in [0.1, 0.15) is 5.69 Å². The van der Waals surface area contributed by atoms with Crippen LogP contribution in [0, 0.1) is 0 Å². The van der Waals surface area contributed by atoms with Crippen LogP contribution < -0.4 is 0 Å². The molecule has 0 fully saturated rings. The van der Waals surface area contributed by atoms with Crippen LogP contribution in [0.5, 0.6) is 0 Å². The van der Waals surface area contributed by atoms with Crippen LogP contribution in [0.3, 0.4) is 0 Å². The number of hydrogen-bond acceptors (Lipinski definition) is 2. The van der Waals surface area contributed by atoms with E-state index in [1.165, 1.54) is 6.07 Å². The average molecular weight is 455 g/mol. The van der Waals surface area contributed by atoms with Crippen molar-refractivity contribution in [1.82, 2.24) is 4.40 Å². The first-order chi connectivity index (χ1) is 13.4. The third-order valence-electron chi connectivity index (χ3n) is 4.50. The molecule has 0 atom stereocenters. The van der Waals surface area contributed by atoms with Crippen molar-refractivity contribution in [1.29, 1.82) is 0 Å². The van der Waals surface area contributed by atoms with E-state index >= 15 is 0 Å². The first-order valence-corrected chi connectivity index (χ1v) is 9.56. The Bertz CT molecular complexity index is 1210. The van der Waals surface area contributed by atoms with E-state index < -0.39 is 5.97 Å². The number of rotatable bonds is 4. The van der Waals surface area contributed by atoms with Crippen molar-refractivity contribution in [2.24, 2.45) is 0 Å². The number of carboxylic acid groups (broad SMARTS) is 1. The highest BCUT2D eigenvalue weighted by atomic mass is 79.9. The lowest BCUT2D eigenvalue weighted by molar-refractivity contribution is 0.0696. The summed E-state index contributed by atoms with van der Waals surface area (Å²) in [6, 6.07) is 19.2. The van der Waals surface area contributed by atoms with Gasteiger partial charge >= 0.3 is 5.97 Å². The minimum absolute atomic E-state index is 0.165. The van der Waals surface area contributed by atoms with Crippen molar-refractivity contribution in [3.8, 4) is 11.1 Å². The number of carboxylic acids is 1. The molecule has 4 aromatic rings. The lowest BCUT2D eigenvalue weighted by atomic mass is 10.0. The first kappa shape index (κ1) is 18.5. The van der Waals surface area contributed by atoms with E-state index in [0.717, 1.165) is 15.6 Å². The highest BCUT2D eigenvalue weighted by Crippen LogP contribution is 2.31. The minimum atomic E-state index is -1.01. The molecular formula is C22H13BrClNO3. The number of hydrogen-bond donors (Lipinski definition) is 1. The fourth-order valence-corrected chi connectivity index (χ4v) is 3.52. The number of aromatic carboxylic acids is 1. The third kappa shape index (κ3) is 3.35. The Morgan fingerprint density at radius 2 is 1.57 bits per heavy atom. The number of carbonyl (C=O) groups is 2. The van der Waals surface area contributed by atoms with Crippen LogP contribution in [0.1, 0.15) is 26.4 Å². The number of aromatic nitrogens is 1. The number of ketones is 1. The van der Waals surface area contributed by atoms with Gasteiger partial charge < -0.3 is 9.51 Å². The van der Waals surface area contributed by atoms with Gasteiger partial charge in [-0.05, 0) is 60.2 Å². The molecule has 0 aliphatic heterocycles. The van der Waals surface area contributed by atoms with Gasteiger partial charge in [0.05, 0.1) is 5.56 Å². The predicted molar refractivity (Wildman–Crippen MR) is 112 cm³/mol. The van der Waals surface area contributed by atoms with Crippen molar-refractivity contribution in [2.75, 3.05) is 0 Å². The molecular weight excluding hydrogens is 442 g/mol. The molecule has 4 rings (SSSR count). The highest BCUT2D eigenvalue weighted by molar-refractivity contribution is 9.10. The van der Waals surface area contributed by atoms with Gasteiger partial charge in [-0.15, -0.1) is 0 Å². The van der Waals surface area contributed by atoms with Gasteiger partial charge in [0.15, 0.2) is 0 Å². The van der Waals surface area contributed by atoms with Gasteiger partial charge in [0.2, 0.25) is 5.78 Å². The monoisotopic (exact) mass is 453 g/mol. The zero-order valence-electron chi connectivity index (χ0n) is 14.4. The van der Waals surface area contributed by atoms with E-state index in [9.17, 15) is 14.7 Å². The van der Waals surface area contributed by atoms with Crippen molar-refractivity contribution in [2.45, 2.75) is 0 Å². The van der Waals surface area contributed by atoms with E-state index in [0.29, 0.717) is 21.8 Å². The summed E-state index contributed by atoms with van der Waals surface area (Å²) in [5.41, 5.74) is 3.37. The molecule has 138 valence electrons. The maximum atomic E-state index is 13.3. The molecule has 1 N–H and O–H groups in total. The Morgan fingerprint density at radius 3 is 2.21 bits per heavy atom. The molecule has 0 radical (unpaired) electrons. The summed E-state index contributed by atoms with van der Waals surface area (Å²) in [4.78, 5) is 24.7. The lowest BCUT2D eigenvalue weighted by Gasteiger charge is -2.07. The SMILES string of the molecule is O=C(O)c1ccn2c(C(=O)c3ccc(Cl)cc3)c(-c3ccc(Br)cc3)cc2c1. The second kappa shape index (κ2) is 7.26. The van der Waals surface area contributed by atoms with Crippen LogP contribution in [-0.2, 0) is 0 Å². The van der Waals surface area contributed by atoms with Gasteiger partial charge in [0, 0.05) is 32.3 Å². The van der Waals surface area contributed by atoms with Crippen LogP contribution in [0.25, 0.3) is 16.6 Å². The van der Waals surface area contributed by atoms with Gasteiger partial charge in [-0.1, -0.05) is 39.7 Å². The Kier molecular flexibility index (Phi) is 4.79. The fourth-order valence-electron chi connectivity index (χ4n) is 3.13. The van der Waals surface area contributed by atoms with E-state index in [-0.39, 0.29) is 11.3 Å². The molecule has 2 heterocycles. The molecule has 0 saturated heterocycles.